The molecule has 0 amide bonds. The second kappa shape index (κ2) is 6.51. The highest BCUT2D eigenvalue weighted by atomic mass is 35.5. The molecule has 0 aliphatic heterocycles. The maximum atomic E-state index is 6.17. The normalized spacial score (nSPS) is 13.4. The third kappa shape index (κ3) is 4.13. The number of halogens is 1. The van der Waals surface area contributed by atoms with Gasteiger partial charge in [0.2, 0.25) is 0 Å². The topological polar surface area (TPSA) is 12.0 Å². The van der Waals surface area contributed by atoms with E-state index in [1.807, 2.05) is 6.07 Å². The van der Waals surface area contributed by atoms with Crippen LogP contribution in [0.3, 0.4) is 0 Å². The molecule has 1 rings (SSSR count). The lowest BCUT2D eigenvalue weighted by atomic mass is 10.1. The third-order valence-electron chi connectivity index (χ3n) is 2.34. The van der Waals surface area contributed by atoms with E-state index in [0.717, 1.165) is 5.02 Å². The largest absolute Gasteiger partial charge is 0.307 e. The summed E-state index contributed by atoms with van der Waals surface area (Å²) in [5.74, 6) is 0. The van der Waals surface area contributed by atoms with Gasteiger partial charge in [-0.05, 0) is 17.9 Å². The summed E-state index contributed by atoms with van der Waals surface area (Å²) in [4.78, 5) is 1.29. The lowest BCUT2D eigenvalue weighted by molar-refractivity contribution is 0.445. The first-order valence-electron chi connectivity index (χ1n) is 5.64. The predicted octanol–water partition coefficient (Wildman–Crippen LogP) is 4.63. The Morgan fingerprint density at radius 3 is 2.67 bits per heavy atom. The highest BCUT2D eigenvalue weighted by Crippen LogP contribution is 2.31. The minimum Gasteiger partial charge on any atom is -0.307 e. The molecule has 0 aliphatic carbocycles. The first kappa shape index (κ1) is 13.0. The Bertz CT molecular complexity index is 283. The highest BCUT2D eigenvalue weighted by Gasteiger charge is 2.16. The SMILES string of the molecule is CCCCC(NC(C)C)c1sccc1Cl. The smallest absolute Gasteiger partial charge is 0.0561 e. The number of nitrogens with one attached hydrogen (secondary N) is 1. The van der Waals surface area contributed by atoms with Gasteiger partial charge in [-0.15, -0.1) is 11.3 Å². The van der Waals surface area contributed by atoms with Gasteiger partial charge < -0.3 is 5.32 Å². The number of hydrogen-bond acceptors (Lipinski definition) is 2. The number of rotatable bonds is 6. The first-order valence-corrected chi connectivity index (χ1v) is 6.89. The van der Waals surface area contributed by atoms with Crippen LogP contribution in [0, 0.1) is 0 Å². The quantitative estimate of drug-likeness (QED) is 0.771. The van der Waals surface area contributed by atoms with Gasteiger partial charge in [0, 0.05) is 17.0 Å². The van der Waals surface area contributed by atoms with Crippen LogP contribution in [0.4, 0.5) is 0 Å². The maximum absolute atomic E-state index is 6.17. The molecule has 1 aromatic rings. The Hall–Kier alpha value is -0.0500. The van der Waals surface area contributed by atoms with Gasteiger partial charge in [0.15, 0.2) is 0 Å². The van der Waals surface area contributed by atoms with E-state index in [-0.39, 0.29) is 0 Å². The van der Waals surface area contributed by atoms with E-state index < -0.39 is 0 Å². The summed E-state index contributed by atoms with van der Waals surface area (Å²) in [5, 5.41) is 6.56. The van der Waals surface area contributed by atoms with E-state index >= 15 is 0 Å². The maximum Gasteiger partial charge on any atom is 0.0561 e. The molecular weight excluding hydrogens is 226 g/mol. The summed E-state index contributed by atoms with van der Waals surface area (Å²) in [6.07, 6.45) is 3.66. The molecule has 0 aromatic carbocycles. The van der Waals surface area contributed by atoms with E-state index in [0.29, 0.717) is 12.1 Å². The van der Waals surface area contributed by atoms with Gasteiger partial charge >= 0.3 is 0 Å². The van der Waals surface area contributed by atoms with Crippen molar-refractivity contribution in [2.24, 2.45) is 0 Å². The van der Waals surface area contributed by atoms with Crippen LogP contribution in [0.2, 0.25) is 5.02 Å². The standard InChI is InChI=1S/C12H20ClNS/c1-4-5-6-11(14-9(2)3)12-10(13)7-8-15-12/h7-9,11,14H,4-6H2,1-3H3. The van der Waals surface area contributed by atoms with Crippen LogP contribution in [0.15, 0.2) is 11.4 Å². The minimum atomic E-state index is 0.428. The van der Waals surface area contributed by atoms with E-state index in [9.17, 15) is 0 Å². The molecule has 0 aliphatic rings. The fourth-order valence-corrected chi connectivity index (χ4v) is 2.94. The molecule has 15 heavy (non-hydrogen) atoms. The molecule has 0 saturated heterocycles. The average molecular weight is 246 g/mol. The van der Waals surface area contributed by atoms with E-state index in [2.05, 4.69) is 31.5 Å². The van der Waals surface area contributed by atoms with Crippen molar-refractivity contribution in [1.29, 1.82) is 0 Å². The molecule has 1 aromatic heterocycles. The summed E-state index contributed by atoms with van der Waals surface area (Å²) < 4.78 is 0. The molecule has 1 atom stereocenters. The lowest BCUT2D eigenvalue weighted by Gasteiger charge is -2.20. The predicted molar refractivity (Wildman–Crippen MR) is 69.9 cm³/mol. The molecule has 0 saturated carbocycles. The van der Waals surface area contributed by atoms with E-state index in [4.69, 9.17) is 11.6 Å². The van der Waals surface area contributed by atoms with Gasteiger partial charge in [-0.1, -0.05) is 45.2 Å². The van der Waals surface area contributed by atoms with Crippen molar-refractivity contribution in [3.8, 4) is 0 Å². The second-order valence-corrected chi connectivity index (χ2v) is 5.50. The summed E-state index contributed by atoms with van der Waals surface area (Å²) >= 11 is 7.92. The molecule has 0 radical (unpaired) electrons. The van der Waals surface area contributed by atoms with Crippen LogP contribution >= 0.6 is 22.9 Å². The molecule has 0 bridgehead atoms. The second-order valence-electron chi connectivity index (χ2n) is 4.15. The van der Waals surface area contributed by atoms with Gasteiger partial charge in [-0.2, -0.15) is 0 Å². The Morgan fingerprint density at radius 1 is 1.47 bits per heavy atom. The Morgan fingerprint density at radius 2 is 2.20 bits per heavy atom. The zero-order valence-corrected chi connectivity index (χ0v) is 11.3. The van der Waals surface area contributed by atoms with Crippen molar-refractivity contribution in [3.63, 3.8) is 0 Å². The van der Waals surface area contributed by atoms with Crippen molar-refractivity contribution in [1.82, 2.24) is 5.32 Å². The summed E-state index contributed by atoms with van der Waals surface area (Å²) in [7, 11) is 0. The molecule has 1 nitrogen and oxygen atoms in total. The van der Waals surface area contributed by atoms with Gasteiger partial charge in [0.1, 0.15) is 0 Å². The summed E-state index contributed by atoms with van der Waals surface area (Å²) in [5.41, 5.74) is 0. The molecule has 0 fully saturated rings. The lowest BCUT2D eigenvalue weighted by Crippen LogP contribution is -2.27. The molecular formula is C12H20ClNS. The van der Waals surface area contributed by atoms with Gasteiger partial charge in [0.05, 0.1) is 5.02 Å². The number of hydrogen-bond donors (Lipinski definition) is 1. The first-order chi connectivity index (χ1) is 7.15. The molecule has 1 heterocycles. The zero-order chi connectivity index (χ0) is 11.3. The minimum absolute atomic E-state index is 0.428. The Labute approximate surface area is 102 Å². The van der Waals surface area contributed by atoms with E-state index in [1.54, 1.807) is 11.3 Å². The molecule has 86 valence electrons. The van der Waals surface area contributed by atoms with Crippen LogP contribution in [-0.2, 0) is 0 Å². The summed E-state index contributed by atoms with van der Waals surface area (Å²) in [6.45, 7) is 6.59. The van der Waals surface area contributed by atoms with Crippen LogP contribution in [0.5, 0.6) is 0 Å². The van der Waals surface area contributed by atoms with Gasteiger partial charge in [-0.25, -0.2) is 0 Å². The number of unbranched alkanes of at least 4 members (excludes halogenated alkanes) is 1. The van der Waals surface area contributed by atoms with Crippen molar-refractivity contribution >= 4 is 22.9 Å². The summed E-state index contributed by atoms with van der Waals surface area (Å²) in [6, 6.07) is 2.92. The Kier molecular flexibility index (Phi) is 5.65. The van der Waals surface area contributed by atoms with Gasteiger partial charge in [0.25, 0.3) is 0 Å². The van der Waals surface area contributed by atoms with Crippen molar-refractivity contribution in [2.75, 3.05) is 0 Å². The van der Waals surface area contributed by atoms with Crippen molar-refractivity contribution < 1.29 is 0 Å². The average Bonchev–Trinajstić information content (AvgIpc) is 2.58. The fourth-order valence-electron chi connectivity index (χ4n) is 1.65. The zero-order valence-electron chi connectivity index (χ0n) is 9.72. The molecule has 0 spiro atoms. The van der Waals surface area contributed by atoms with Crippen LogP contribution in [-0.4, -0.2) is 6.04 Å². The fraction of sp³-hybridized carbons (Fsp3) is 0.667. The van der Waals surface area contributed by atoms with Gasteiger partial charge in [-0.3, -0.25) is 0 Å². The Balaban J connectivity index is 2.67. The highest BCUT2D eigenvalue weighted by molar-refractivity contribution is 7.10. The molecule has 1 N–H and O–H groups in total. The molecule has 3 heteroatoms. The van der Waals surface area contributed by atoms with E-state index in [1.165, 1.54) is 24.1 Å². The van der Waals surface area contributed by atoms with Crippen LogP contribution in [0.25, 0.3) is 0 Å². The monoisotopic (exact) mass is 245 g/mol. The molecule has 1 unspecified atom stereocenters. The van der Waals surface area contributed by atoms with Crippen LogP contribution < -0.4 is 5.32 Å². The van der Waals surface area contributed by atoms with Crippen molar-refractivity contribution in [2.45, 2.75) is 52.1 Å². The third-order valence-corrected chi connectivity index (χ3v) is 3.81. The number of thiophene rings is 1. The van der Waals surface area contributed by atoms with Crippen molar-refractivity contribution in [3.05, 3.63) is 21.3 Å². The van der Waals surface area contributed by atoms with Crippen LogP contribution in [0.1, 0.15) is 51.0 Å².